The predicted molar refractivity (Wildman–Crippen MR) is 71.5 cm³/mol. The van der Waals surface area contributed by atoms with Crippen molar-refractivity contribution in [1.29, 1.82) is 0 Å². The van der Waals surface area contributed by atoms with Crippen molar-refractivity contribution in [3.8, 4) is 0 Å². The Bertz CT molecular complexity index is 209. The smallest absolute Gasteiger partial charge is 0.0329 e. The third-order valence-corrected chi connectivity index (χ3v) is 4.27. The van der Waals surface area contributed by atoms with Gasteiger partial charge in [-0.2, -0.15) is 0 Å². The summed E-state index contributed by atoms with van der Waals surface area (Å²) in [5.74, 6) is 0. The van der Waals surface area contributed by atoms with E-state index >= 15 is 0 Å². The van der Waals surface area contributed by atoms with Gasteiger partial charge in [0, 0.05) is 11.6 Å². The molecule has 1 aliphatic heterocycles. The molecule has 0 aromatic heterocycles. The maximum absolute atomic E-state index is 6.41. The van der Waals surface area contributed by atoms with E-state index in [-0.39, 0.29) is 5.54 Å². The molecule has 1 rings (SSSR count). The SMILES string of the molecule is C=CCCCC(N)C(C)(CC)N1CCCC1. The molecule has 0 bridgehead atoms. The van der Waals surface area contributed by atoms with Crippen LogP contribution >= 0.6 is 0 Å². The van der Waals surface area contributed by atoms with Crippen LogP contribution in [0, 0.1) is 0 Å². The van der Waals surface area contributed by atoms with Crippen molar-refractivity contribution in [1.82, 2.24) is 4.90 Å². The second-order valence-corrected chi connectivity index (χ2v) is 5.23. The molecule has 0 aromatic carbocycles. The Morgan fingerprint density at radius 1 is 1.44 bits per heavy atom. The molecular formula is C14H28N2. The summed E-state index contributed by atoms with van der Waals surface area (Å²) in [6.07, 6.45) is 9.21. The van der Waals surface area contributed by atoms with Crippen molar-refractivity contribution in [2.24, 2.45) is 5.73 Å². The van der Waals surface area contributed by atoms with Gasteiger partial charge in [0.25, 0.3) is 0 Å². The quantitative estimate of drug-likeness (QED) is 0.532. The second-order valence-electron chi connectivity index (χ2n) is 5.23. The van der Waals surface area contributed by atoms with Crippen molar-refractivity contribution in [2.75, 3.05) is 13.1 Å². The first-order valence-electron chi connectivity index (χ1n) is 6.76. The number of nitrogens with two attached hydrogens (primary N) is 1. The normalized spacial score (nSPS) is 22.9. The highest BCUT2D eigenvalue weighted by Gasteiger charge is 2.36. The zero-order valence-electron chi connectivity index (χ0n) is 11.0. The van der Waals surface area contributed by atoms with E-state index in [4.69, 9.17) is 5.73 Å². The highest BCUT2D eigenvalue weighted by Crippen LogP contribution is 2.29. The monoisotopic (exact) mass is 224 g/mol. The number of nitrogens with zero attached hydrogens (tertiary/aromatic N) is 1. The lowest BCUT2D eigenvalue weighted by molar-refractivity contribution is 0.0957. The van der Waals surface area contributed by atoms with Gasteiger partial charge in [-0.1, -0.05) is 13.0 Å². The van der Waals surface area contributed by atoms with Gasteiger partial charge >= 0.3 is 0 Å². The maximum Gasteiger partial charge on any atom is 0.0329 e. The molecule has 1 aliphatic rings. The van der Waals surface area contributed by atoms with E-state index in [0.29, 0.717) is 6.04 Å². The van der Waals surface area contributed by atoms with E-state index < -0.39 is 0 Å². The van der Waals surface area contributed by atoms with E-state index in [9.17, 15) is 0 Å². The maximum atomic E-state index is 6.41. The van der Waals surface area contributed by atoms with Crippen LogP contribution in [0.25, 0.3) is 0 Å². The summed E-state index contributed by atoms with van der Waals surface area (Å²) in [4.78, 5) is 2.60. The van der Waals surface area contributed by atoms with Gasteiger partial charge in [-0.3, -0.25) is 4.90 Å². The molecule has 2 heteroatoms. The zero-order valence-corrected chi connectivity index (χ0v) is 11.0. The molecule has 0 amide bonds. The minimum absolute atomic E-state index is 0.206. The van der Waals surface area contributed by atoms with Crippen LogP contribution in [-0.4, -0.2) is 29.6 Å². The largest absolute Gasteiger partial charge is 0.326 e. The van der Waals surface area contributed by atoms with Gasteiger partial charge in [-0.25, -0.2) is 0 Å². The molecule has 2 nitrogen and oxygen atoms in total. The molecule has 2 N–H and O–H groups in total. The van der Waals surface area contributed by atoms with E-state index in [1.54, 1.807) is 0 Å². The minimum atomic E-state index is 0.206. The summed E-state index contributed by atoms with van der Waals surface area (Å²) in [7, 11) is 0. The van der Waals surface area contributed by atoms with Gasteiger partial charge in [0.2, 0.25) is 0 Å². The third kappa shape index (κ3) is 3.08. The average Bonchev–Trinajstić information content (AvgIpc) is 2.82. The van der Waals surface area contributed by atoms with Crippen LogP contribution in [0.15, 0.2) is 12.7 Å². The molecule has 0 aromatic rings. The molecule has 1 heterocycles. The minimum Gasteiger partial charge on any atom is -0.326 e. The summed E-state index contributed by atoms with van der Waals surface area (Å²) in [6, 6.07) is 0.301. The Morgan fingerprint density at radius 3 is 2.56 bits per heavy atom. The Labute approximate surface area is 101 Å². The summed E-state index contributed by atoms with van der Waals surface area (Å²) < 4.78 is 0. The van der Waals surface area contributed by atoms with Crippen LogP contribution in [0.4, 0.5) is 0 Å². The molecule has 1 fully saturated rings. The lowest BCUT2D eigenvalue weighted by atomic mass is 9.85. The molecule has 16 heavy (non-hydrogen) atoms. The molecule has 2 atom stereocenters. The van der Waals surface area contributed by atoms with Gasteiger partial charge < -0.3 is 5.73 Å². The van der Waals surface area contributed by atoms with E-state index in [2.05, 4.69) is 25.3 Å². The number of hydrogen-bond acceptors (Lipinski definition) is 2. The van der Waals surface area contributed by atoms with Crippen molar-refractivity contribution in [3.63, 3.8) is 0 Å². The van der Waals surface area contributed by atoms with Crippen LogP contribution in [0.1, 0.15) is 52.4 Å². The van der Waals surface area contributed by atoms with Crippen LogP contribution < -0.4 is 5.73 Å². The Balaban J connectivity index is 2.51. The molecule has 1 saturated heterocycles. The third-order valence-electron chi connectivity index (χ3n) is 4.27. The first kappa shape index (κ1) is 13.7. The Morgan fingerprint density at radius 2 is 2.06 bits per heavy atom. The fourth-order valence-electron chi connectivity index (χ4n) is 2.74. The highest BCUT2D eigenvalue weighted by molar-refractivity contribution is 4.96. The lowest BCUT2D eigenvalue weighted by Crippen LogP contribution is -2.56. The standard InChI is InChI=1S/C14H28N2/c1-4-6-7-10-13(15)14(3,5-2)16-11-8-9-12-16/h4,13H,1,5-12,15H2,2-3H3. The molecule has 0 radical (unpaired) electrons. The number of unbranched alkanes of at least 4 members (excludes halogenated alkanes) is 1. The lowest BCUT2D eigenvalue weighted by Gasteiger charge is -2.43. The summed E-state index contributed by atoms with van der Waals surface area (Å²) in [5, 5.41) is 0. The van der Waals surface area contributed by atoms with Crippen LogP contribution in [0.3, 0.4) is 0 Å². The fraction of sp³-hybridized carbons (Fsp3) is 0.857. The summed E-state index contributed by atoms with van der Waals surface area (Å²) in [6.45, 7) is 10.9. The van der Waals surface area contributed by atoms with Crippen molar-refractivity contribution < 1.29 is 0 Å². The van der Waals surface area contributed by atoms with Gasteiger partial charge in [0.1, 0.15) is 0 Å². The Hall–Kier alpha value is -0.340. The molecule has 0 spiro atoms. The Kier molecular flexibility index (Phi) is 5.50. The number of likely N-dealkylation sites (tertiary alicyclic amines) is 1. The van der Waals surface area contributed by atoms with Gasteiger partial charge in [-0.05, 0) is 58.5 Å². The number of hydrogen-bond donors (Lipinski definition) is 1. The number of rotatable bonds is 7. The van der Waals surface area contributed by atoms with Gasteiger partial charge in [0.15, 0.2) is 0 Å². The predicted octanol–water partition coefficient (Wildman–Crippen LogP) is 2.93. The molecule has 2 unspecified atom stereocenters. The topological polar surface area (TPSA) is 29.3 Å². The van der Waals surface area contributed by atoms with Crippen molar-refractivity contribution in [2.45, 2.75) is 64.0 Å². The van der Waals surface area contributed by atoms with Crippen LogP contribution in [0.5, 0.6) is 0 Å². The first-order chi connectivity index (χ1) is 7.65. The van der Waals surface area contributed by atoms with Crippen molar-refractivity contribution >= 4 is 0 Å². The first-order valence-corrected chi connectivity index (χ1v) is 6.76. The summed E-state index contributed by atoms with van der Waals surface area (Å²) in [5.41, 5.74) is 6.61. The second kappa shape index (κ2) is 6.41. The van der Waals surface area contributed by atoms with Crippen LogP contribution in [0.2, 0.25) is 0 Å². The molecule has 0 saturated carbocycles. The zero-order chi connectivity index (χ0) is 12.0. The van der Waals surface area contributed by atoms with Gasteiger partial charge in [-0.15, -0.1) is 6.58 Å². The average molecular weight is 224 g/mol. The summed E-state index contributed by atoms with van der Waals surface area (Å²) >= 11 is 0. The number of allylic oxidation sites excluding steroid dienone is 1. The van der Waals surface area contributed by atoms with E-state index in [1.807, 2.05) is 6.08 Å². The highest BCUT2D eigenvalue weighted by atomic mass is 15.2. The molecular weight excluding hydrogens is 196 g/mol. The van der Waals surface area contributed by atoms with Crippen LogP contribution in [-0.2, 0) is 0 Å². The fourth-order valence-corrected chi connectivity index (χ4v) is 2.74. The molecule has 0 aliphatic carbocycles. The van der Waals surface area contributed by atoms with E-state index in [0.717, 1.165) is 19.3 Å². The molecule has 94 valence electrons. The van der Waals surface area contributed by atoms with E-state index in [1.165, 1.54) is 32.4 Å². The van der Waals surface area contributed by atoms with Crippen molar-refractivity contribution in [3.05, 3.63) is 12.7 Å². The van der Waals surface area contributed by atoms with Gasteiger partial charge in [0.05, 0.1) is 0 Å².